The van der Waals surface area contributed by atoms with Gasteiger partial charge in [0.05, 0.1) is 6.61 Å². The molecule has 0 heterocycles. The second-order valence-corrected chi connectivity index (χ2v) is 5.16. The third-order valence-corrected chi connectivity index (χ3v) is 2.96. The van der Waals surface area contributed by atoms with Crippen LogP contribution in [0.4, 0.5) is 4.39 Å². The minimum atomic E-state index is -0.703. The zero-order valence-corrected chi connectivity index (χ0v) is 12.8. The number of hydrogen-bond donors (Lipinski definition) is 1. The number of hydrogen-bond acceptors (Lipinski definition) is 3. The van der Waals surface area contributed by atoms with E-state index in [-0.39, 0.29) is 34.2 Å². The fourth-order valence-corrected chi connectivity index (χ4v) is 1.66. The zero-order chi connectivity index (χ0) is 15.0. The van der Waals surface area contributed by atoms with Gasteiger partial charge in [-0.3, -0.25) is 0 Å². The summed E-state index contributed by atoms with van der Waals surface area (Å²) in [5.41, 5.74) is 0. The summed E-state index contributed by atoms with van der Waals surface area (Å²) in [6, 6.07) is 2.93. The summed E-state index contributed by atoms with van der Waals surface area (Å²) >= 11 is 16.7. The Hall–Kier alpha value is -0.680. The molecule has 0 saturated heterocycles. The van der Waals surface area contributed by atoms with Crippen LogP contribution in [0.2, 0.25) is 5.02 Å². The summed E-state index contributed by atoms with van der Waals surface area (Å²) in [5.74, 6) is -0.477. The minimum absolute atomic E-state index is 0.0106. The molecule has 112 valence electrons. The summed E-state index contributed by atoms with van der Waals surface area (Å²) in [6.45, 7) is 0.478. The van der Waals surface area contributed by atoms with Crippen molar-refractivity contribution >= 4 is 34.8 Å². The summed E-state index contributed by atoms with van der Waals surface area (Å²) < 4.78 is 24.4. The molecule has 0 aliphatic heterocycles. The molecule has 20 heavy (non-hydrogen) atoms. The second-order valence-electron chi connectivity index (χ2n) is 3.77. The molecule has 0 spiro atoms. The predicted octanol–water partition coefficient (Wildman–Crippen LogP) is 4.33. The van der Waals surface area contributed by atoms with Crippen molar-refractivity contribution in [2.45, 2.75) is 12.8 Å². The van der Waals surface area contributed by atoms with Gasteiger partial charge in [-0.05, 0) is 31.1 Å². The van der Waals surface area contributed by atoms with Crippen LogP contribution in [0.25, 0.3) is 0 Å². The van der Waals surface area contributed by atoms with Crippen molar-refractivity contribution in [3.63, 3.8) is 0 Å². The lowest BCUT2D eigenvalue weighted by atomic mass is 10.3. The van der Waals surface area contributed by atoms with Crippen molar-refractivity contribution in [1.29, 1.82) is 0 Å². The van der Waals surface area contributed by atoms with E-state index in [2.05, 4.69) is 0 Å². The van der Waals surface area contributed by atoms with Crippen LogP contribution in [0.1, 0.15) is 12.8 Å². The summed E-state index contributed by atoms with van der Waals surface area (Å²) in [4.78, 5) is 0. The number of benzene rings is 1. The number of aliphatic hydroxyl groups is 1. The van der Waals surface area contributed by atoms with Gasteiger partial charge < -0.3 is 14.6 Å². The fraction of sp³-hybridized carbons (Fsp3) is 0.385. The van der Waals surface area contributed by atoms with E-state index in [0.29, 0.717) is 19.4 Å². The Morgan fingerprint density at radius 3 is 2.55 bits per heavy atom. The monoisotopic (exact) mass is 342 g/mol. The van der Waals surface area contributed by atoms with E-state index in [9.17, 15) is 4.39 Å². The van der Waals surface area contributed by atoms with Crippen molar-refractivity contribution in [2.75, 3.05) is 19.8 Å². The van der Waals surface area contributed by atoms with Gasteiger partial charge >= 0.3 is 0 Å². The van der Waals surface area contributed by atoms with Gasteiger partial charge in [0.2, 0.25) is 0 Å². The van der Waals surface area contributed by atoms with Crippen molar-refractivity contribution in [3.8, 4) is 11.5 Å². The highest BCUT2D eigenvalue weighted by Gasteiger charge is 2.13. The predicted molar refractivity (Wildman–Crippen MR) is 78.5 cm³/mol. The normalized spacial score (nSPS) is 10.2. The molecule has 0 aliphatic rings. The Labute approximate surface area is 131 Å². The average molecular weight is 344 g/mol. The van der Waals surface area contributed by atoms with Crippen LogP contribution in [0.3, 0.4) is 0 Å². The maximum atomic E-state index is 13.9. The van der Waals surface area contributed by atoms with Crippen LogP contribution in [0.15, 0.2) is 22.7 Å². The molecule has 7 heteroatoms. The van der Waals surface area contributed by atoms with E-state index in [1.807, 2.05) is 0 Å². The van der Waals surface area contributed by atoms with Gasteiger partial charge in [0.15, 0.2) is 11.6 Å². The molecule has 0 unspecified atom stereocenters. The van der Waals surface area contributed by atoms with E-state index in [0.717, 1.165) is 0 Å². The Morgan fingerprint density at radius 2 is 1.90 bits per heavy atom. The zero-order valence-electron chi connectivity index (χ0n) is 10.5. The molecule has 0 fully saturated rings. The van der Waals surface area contributed by atoms with Gasteiger partial charge in [-0.25, -0.2) is 4.39 Å². The van der Waals surface area contributed by atoms with E-state index >= 15 is 0 Å². The van der Waals surface area contributed by atoms with Crippen LogP contribution in [0, 0.1) is 5.82 Å². The van der Waals surface area contributed by atoms with Crippen LogP contribution < -0.4 is 9.47 Å². The Kier molecular flexibility index (Phi) is 8.07. The molecule has 0 radical (unpaired) electrons. The minimum Gasteiger partial charge on any atom is -0.492 e. The first-order valence-corrected chi connectivity index (χ1v) is 7.05. The third-order valence-electron chi connectivity index (χ3n) is 2.30. The first-order chi connectivity index (χ1) is 9.56. The smallest absolute Gasteiger partial charge is 0.187 e. The lowest BCUT2D eigenvalue weighted by Crippen LogP contribution is -2.01. The highest BCUT2D eigenvalue weighted by molar-refractivity contribution is 6.55. The lowest BCUT2D eigenvalue weighted by molar-refractivity contribution is 0.252. The Morgan fingerprint density at radius 1 is 1.20 bits per heavy atom. The number of ether oxygens (including phenoxy) is 2. The largest absolute Gasteiger partial charge is 0.492 e. The van der Waals surface area contributed by atoms with Crippen LogP contribution in [-0.4, -0.2) is 24.9 Å². The summed E-state index contributed by atoms with van der Waals surface area (Å²) in [5, 5.41) is 8.49. The lowest BCUT2D eigenvalue weighted by Gasteiger charge is -2.11. The van der Waals surface area contributed by atoms with Crippen LogP contribution in [-0.2, 0) is 0 Å². The molecule has 0 atom stereocenters. The third kappa shape index (κ3) is 5.75. The highest BCUT2D eigenvalue weighted by Crippen LogP contribution is 2.33. The molecular weight excluding hydrogens is 329 g/mol. The Balaban J connectivity index is 2.64. The van der Waals surface area contributed by atoms with Gasteiger partial charge in [-0.15, -0.1) is 0 Å². The van der Waals surface area contributed by atoms with Crippen LogP contribution >= 0.6 is 34.8 Å². The topological polar surface area (TPSA) is 38.7 Å². The van der Waals surface area contributed by atoms with Gasteiger partial charge in [-0.1, -0.05) is 34.8 Å². The maximum absolute atomic E-state index is 13.9. The van der Waals surface area contributed by atoms with E-state index in [1.54, 1.807) is 0 Å². The highest BCUT2D eigenvalue weighted by atomic mass is 35.5. The van der Waals surface area contributed by atoms with Crippen molar-refractivity contribution in [2.24, 2.45) is 0 Å². The Bertz CT molecular complexity index is 462. The maximum Gasteiger partial charge on any atom is 0.187 e. The molecular formula is C13H14Cl3FO3. The van der Waals surface area contributed by atoms with Gasteiger partial charge in [0.25, 0.3) is 0 Å². The molecule has 1 N–H and O–H groups in total. The van der Waals surface area contributed by atoms with Crippen molar-refractivity contribution in [1.82, 2.24) is 0 Å². The SMILES string of the molecule is OCCCCOc1ccc(OCC=C(Cl)Cl)c(F)c1Cl. The number of aliphatic hydroxyl groups excluding tert-OH is 1. The van der Waals surface area contributed by atoms with Crippen LogP contribution in [0.5, 0.6) is 11.5 Å². The molecule has 0 amide bonds. The quantitative estimate of drug-likeness (QED) is 0.714. The molecule has 1 rings (SSSR count). The molecule has 0 aromatic heterocycles. The molecule has 0 saturated carbocycles. The number of rotatable bonds is 8. The summed E-state index contributed by atoms with van der Waals surface area (Å²) in [7, 11) is 0. The van der Waals surface area contributed by atoms with Gasteiger partial charge in [-0.2, -0.15) is 0 Å². The number of halogens is 4. The number of unbranched alkanes of at least 4 members (excludes halogenated alkanes) is 1. The molecule has 3 nitrogen and oxygen atoms in total. The van der Waals surface area contributed by atoms with Gasteiger partial charge in [0, 0.05) is 6.61 Å². The standard InChI is InChI=1S/C13H14Cl3FO3/c14-11(15)5-8-20-10-4-3-9(12(16)13(10)17)19-7-2-1-6-18/h3-5,18H,1-2,6-8H2. The van der Waals surface area contributed by atoms with E-state index in [1.165, 1.54) is 18.2 Å². The molecule has 0 bridgehead atoms. The first-order valence-electron chi connectivity index (χ1n) is 5.92. The second kappa shape index (κ2) is 9.29. The fourth-order valence-electron chi connectivity index (χ4n) is 1.33. The van der Waals surface area contributed by atoms with Gasteiger partial charge in [0.1, 0.15) is 21.9 Å². The summed E-state index contributed by atoms with van der Waals surface area (Å²) in [6.07, 6.45) is 2.66. The van der Waals surface area contributed by atoms with Crippen molar-refractivity contribution < 1.29 is 19.0 Å². The van der Waals surface area contributed by atoms with E-state index in [4.69, 9.17) is 49.4 Å². The first kappa shape index (κ1) is 17.4. The molecule has 1 aromatic carbocycles. The average Bonchev–Trinajstić information content (AvgIpc) is 2.41. The molecule has 0 aliphatic carbocycles. The van der Waals surface area contributed by atoms with E-state index < -0.39 is 5.82 Å². The molecule has 1 aromatic rings. The van der Waals surface area contributed by atoms with Crippen molar-refractivity contribution in [3.05, 3.63) is 33.5 Å².